The summed E-state index contributed by atoms with van der Waals surface area (Å²) in [5.41, 5.74) is 1.24. The molecule has 1 fully saturated rings. The molecule has 0 spiro atoms. The first-order valence-corrected chi connectivity index (χ1v) is 6.61. The zero-order valence-corrected chi connectivity index (χ0v) is 11.4. The van der Waals surface area contributed by atoms with E-state index in [0.717, 1.165) is 0 Å². The van der Waals surface area contributed by atoms with Crippen molar-refractivity contribution in [3.05, 3.63) is 30.1 Å². The Morgan fingerprint density at radius 2 is 2.24 bits per heavy atom. The van der Waals surface area contributed by atoms with Crippen LogP contribution < -0.4 is 10.6 Å². The Morgan fingerprint density at radius 1 is 1.43 bits per heavy atom. The lowest BCUT2D eigenvalue weighted by Gasteiger charge is -2.11. The third-order valence-corrected chi connectivity index (χ3v) is 3.29. The number of rotatable bonds is 3. The number of aryl methyl sites for hydroxylation is 1. The summed E-state index contributed by atoms with van der Waals surface area (Å²) in [6.07, 6.45) is 0.216. The smallest absolute Gasteiger partial charge is 0.260 e. The van der Waals surface area contributed by atoms with Crippen LogP contribution in [0.2, 0.25) is 0 Å². The predicted octanol–water partition coefficient (Wildman–Crippen LogP) is 1.12. The Bertz CT molecular complexity index is 695. The van der Waals surface area contributed by atoms with Gasteiger partial charge in [0, 0.05) is 13.0 Å². The Hall–Kier alpha value is -2.70. The topological polar surface area (TPSA) is 97.1 Å². The number of nitrogens with one attached hydrogen (secondary N) is 2. The van der Waals surface area contributed by atoms with Crippen LogP contribution in [0.5, 0.6) is 0 Å². The van der Waals surface area contributed by atoms with Gasteiger partial charge in [-0.05, 0) is 19.1 Å². The van der Waals surface area contributed by atoms with Gasteiger partial charge in [0.05, 0.1) is 17.2 Å². The van der Waals surface area contributed by atoms with Crippen LogP contribution in [0.1, 0.15) is 12.2 Å². The highest BCUT2D eigenvalue weighted by Crippen LogP contribution is 2.27. The van der Waals surface area contributed by atoms with Crippen LogP contribution in [0, 0.1) is 12.8 Å². The van der Waals surface area contributed by atoms with Gasteiger partial charge in [-0.15, -0.1) is 0 Å². The van der Waals surface area contributed by atoms with Crippen molar-refractivity contribution in [2.45, 2.75) is 13.3 Å². The van der Waals surface area contributed by atoms with Crippen LogP contribution in [0.25, 0.3) is 11.5 Å². The summed E-state index contributed by atoms with van der Waals surface area (Å²) in [6, 6.07) is 7.18. The molecule has 7 heteroatoms. The molecule has 2 N–H and O–H groups in total. The van der Waals surface area contributed by atoms with Crippen molar-refractivity contribution < 1.29 is 14.1 Å². The highest BCUT2D eigenvalue weighted by Gasteiger charge is 2.28. The summed E-state index contributed by atoms with van der Waals surface area (Å²) in [4.78, 5) is 27.5. The first-order chi connectivity index (χ1) is 10.1. The van der Waals surface area contributed by atoms with Gasteiger partial charge in [0.2, 0.25) is 11.8 Å². The standard InChI is InChI=1S/C14H14N4O3/c1-8-16-14(21-18-8)10-4-2-3-5-11(10)17-13(20)9-6-12(19)15-7-9/h2-5,9H,6-7H2,1H3,(H,15,19)(H,17,20). The van der Waals surface area contributed by atoms with Crippen molar-refractivity contribution in [2.24, 2.45) is 5.92 Å². The number of nitrogens with zero attached hydrogens (tertiary/aromatic N) is 2. The van der Waals surface area contributed by atoms with E-state index in [4.69, 9.17) is 4.52 Å². The van der Waals surface area contributed by atoms with Crippen molar-refractivity contribution in [3.8, 4) is 11.5 Å². The van der Waals surface area contributed by atoms with Crippen LogP contribution in [-0.2, 0) is 9.59 Å². The third kappa shape index (κ3) is 2.76. The zero-order valence-electron chi connectivity index (χ0n) is 11.4. The molecular formula is C14H14N4O3. The Balaban J connectivity index is 1.82. The highest BCUT2D eigenvalue weighted by atomic mass is 16.5. The Kier molecular flexibility index (Phi) is 3.39. The van der Waals surface area contributed by atoms with Gasteiger partial charge in [-0.1, -0.05) is 17.3 Å². The molecule has 1 aliphatic heterocycles. The van der Waals surface area contributed by atoms with Gasteiger partial charge < -0.3 is 15.2 Å². The van der Waals surface area contributed by atoms with E-state index in [9.17, 15) is 9.59 Å². The van der Waals surface area contributed by atoms with Crippen LogP contribution in [-0.4, -0.2) is 28.5 Å². The van der Waals surface area contributed by atoms with Gasteiger partial charge >= 0.3 is 0 Å². The van der Waals surface area contributed by atoms with Crippen LogP contribution in [0.3, 0.4) is 0 Å². The highest BCUT2D eigenvalue weighted by molar-refractivity contribution is 5.99. The van der Waals surface area contributed by atoms with Crippen LogP contribution in [0.15, 0.2) is 28.8 Å². The van der Waals surface area contributed by atoms with Crippen molar-refractivity contribution in [2.75, 3.05) is 11.9 Å². The van der Waals surface area contributed by atoms with E-state index in [1.165, 1.54) is 0 Å². The molecule has 108 valence electrons. The molecule has 3 rings (SSSR count). The van der Waals surface area contributed by atoms with E-state index in [1.807, 2.05) is 6.07 Å². The first-order valence-electron chi connectivity index (χ1n) is 6.61. The Labute approximate surface area is 120 Å². The number of carbonyl (C=O) groups is 2. The Morgan fingerprint density at radius 3 is 2.90 bits per heavy atom. The summed E-state index contributed by atoms with van der Waals surface area (Å²) in [6.45, 7) is 2.09. The summed E-state index contributed by atoms with van der Waals surface area (Å²) < 4.78 is 5.14. The number of hydrogen-bond donors (Lipinski definition) is 2. The molecule has 1 aliphatic rings. The lowest BCUT2D eigenvalue weighted by molar-refractivity contribution is -0.123. The SMILES string of the molecule is Cc1noc(-c2ccccc2NC(=O)C2CNC(=O)C2)n1. The fourth-order valence-corrected chi connectivity index (χ4v) is 2.21. The average Bonchev–Trinajstić information content (AvgIpc) is 3.08. The summed E-state index contributed by atoms with van der Waals surface area (Å²) in [7, 11) is 0. The summed E-state index contributed by atoms with van der Waals surface area (Å²) >= 11 is 0. The maximum atomic E-state index is 12.2. The number of hydrogen-bond acceptors (Lipinski definition) is 5. The molecule has 7 nitrogen and oxygen atoms in total. The quantitative estimate of drug-likeness (QED) is 0.881. The molecule has 2 heterocycles. The van der Waals surface area contributed by atoms with Crippen molar-refractivity contribution in [1.82, 2.24) is 15.5 Å². The first kappa shape index (κ1) is 13.3. The molecule has 1 atom stereocenters. The maximum absolute atomic E-state index is 12.2. The molecule has 0 bridgehead atoms. The van der Waals surface area contributed by atoms with Crippen LogP contribution in [0.4, 0.5) is 5.69 Å². The van der Waals surface area contributed by atoms with E-state index in [0.29, 0.717) is 29.5 Å². The van der Waals surface area contributed by atoms with Gasteiger partial charge in [-0.3, -0.25) is 9.59 Å². The van der Waals surface area contributed by atoms with Crippen molar-refractivity contribution in [1.29, 1.82) is 0 Å². The number of benzene rings is 1. The molecule has 0 saturated carbocycles. The molecule has 0 aliphatic carbocycles. The second-order valence-corrected chi connectivity index (χ2v) is 4.89. The van der Waals surface area contributed by atoms with E-state index < -0.39 is 0 Å². The normalized spacial score (nSPS) is 17.6. The molecule has 0 radical (unpaired) electrons. The molecule has 21 heavy (non-hydrogen) atoms. The van der Waals surface area contributed by atoms with Gasteiger partial charge in [-0.2, -0.15) is 4.98 Å². The van der Waals surface area contributed by atoms with Gasteiger partial charge in [0.15, 0.2) is 5.82 Å². The minimum absolute atomic E-state index is 0.101. The lowest BCUT2D eigenvalue weighted by atomic mass is 10.1. The number of carbonyl (C=O) groups excluding carboxylic acids is 2. The lowest BCUT2D eigenvalue weighted by Crippen LogP contribution is -2.24. The fraction of sp³-hybridized carbons (Fsp3) is 0.286. The second kappa shape index (κ2) is 5.35. The van der Waals surface area contributed by atoms with Crippen molar-refractivity contribution in [3.63, 3.8) is 0 Å². The van der Waals surface area contributed by atoms with Crippen LogP contribution >= 0.6 is 0 Å². The predicted molar refractivity (Wildman–Crippen MR) is 74.2 cm³/mol. The van der Waals surface area contributed by atoms with Gasteiger partial charge in [0.25, 0.3) is 5.89 Å². The average molecular weight is 286 g/mol. The fourth-order valence-electron chi connectivity index (χ4n) is 2.21. The van der Waals surface area contributed by atoms with Gasteiger partial charge in [-0.25, -0.2) is 0 Å². The number of amides is 2. The third-order valence-electron chi connectivity index (χ3n) is 3.29. The molecule has 2 aromatic rings. The second-order valence-electron chi connectivity index (χ2n) is 4.89. The monoisotopic (exact) mass is 286 g/mol. The van der Waals surface area contributed by atoms with Gasteiger partial charge in [0.1, 0.15) is 0 Å². The number of aromatic nitrogens is 2. The summed E-state index contributed by atoms with van der Waals surface area (Å²) in [5, 5.41) is 9.21. The minimum atomic E-state index is -0.352. The van der Waals surface area contributed by atoms with E-state index in [2.05, 4.69) is 20.8 Å². The summed E-state index contributed by atoms with van der Waals surface area (Å²) in [5.74, 6) is 0.226. The maximum Gasteiger partial charge on any atom is 0.260 e. The van der Waals surface area contributed by atoms with E-state index >= 15 is 0 Å². The molecule has 2 amide bonds. The van der Waals surface area contributed by atoms with E-state index in [-0.39, 0.29) is 24.2 Å². The molecule has 1 unspecified atom stereocenters. The number of anilines is 1. The minimum Gasteiger partial charge on any atom is -0.355 e. The van der Waals surface area contributed by atoms with Crippen molar-refractivity contribution >= 4 is 17.5 Å². The molecule has 1 aromatic carbocycles. The molecule has 1 saturated heterocycles. The zero-order chi connectivity index (χ0) is 14.8. The molecule has 1 aromatic heterocycles. The number of para-hydroxylation sites is 1. The van der Waals surface area contributed by atoms with E-state index in [1.54, 1.807) is 25.1 Å². The largest absolute Gasteiger partial charge is 0.355 e. The molecular weight excluding hydrogens is 272 g/mol.